The van der Waals surface area contributed by atoms with Crippen molar-refractivity contribution in [1.82, 2.24) is 0 Å². The molecule has 15 rings (SSSR count). The maximum atomic E-state index is 7.33. The summed E-state index contributed by atoms with van der Waals surface area (Å²) in [6.45, 7) is 4.77. The number of fused-ring (bicyclic) bond motifs is 18. The Morgan fingerprint density at radius 3 is 1.84 bits per heavy atom. The standard InChI is InChI=1S/C66H45NO2/c1-65(2)51-22-10-7-20-49(51)61-53(65)24-13-26-57(61)67(44-34-29-40(30-35-44)43-31-36-48-47-19-9-12-28-59(47)68-60(48)39-43)58-27-14-25-54-62(58)50-21-8-11-23-52(50)66(54)55-37-32-41-15-3-5-17-45(41)63(55)69-64-46-18-6-4-16-42(46)33-38-56(64)66/h3-26,28-39,58H,27H2,1-2H3. The highest BCUT2D eigenvalue weighted by atomic mass is 16.5. The van der Waals surface area contributed by atoms with Gasteiger partial charge in [0.15, 0.2) is 0 Å². The van der Waals surface area contributed by atoms with Gasteiger partial charge in [0.1, 0.15) is 22.7 Å². The molecule has 69 heavy (non-hydrogen) atoms. The smallest absolute Gasteiger partial charge is 0.140 e. The molecule has 1 atom stereocenters. The highest BCUT2D eigenvalue weighted by molar-refractivity contribution is 6.06. The first-order valence-corrected chi connectivity index (χ1v) is 24.3. The third kappa shape index (κ3) is 5.17. The fourth-order valence-corrected chi connectivity index (χ4v) is 13.0. The second kappa shape index (κ2) is 14.1. The van der Waals surface area contributed by atoms with E-state index in [0.29, 0.717) is 0 Å². The molecule has 1 spiro atoms. The number of nitrogens with zero attached hydrogens (tertiary/aromatic N) is 1. The van der Waals surface area contributed by atoms with E-state index in [4.69, 9.17) is 9.15 Å². The van der Waals surface area contributed by atoms with Gasteiger partial charge in [-0.3, -0.25) is 0 Å². The maximum absolute atomic E-state index is 7.33. The number of benzene rings is 10. The van der Waals surface area contributed by atoms with E-state index in [1.807, 2.05) is 12.1 Å². The third-order valence-electron chi connectivity index (χ3n) is 16.1. The quantitative estimate of drug-likeness (QED) is 0.176. The van der Waals surface area contributed by atoms with Crippen molar-refractivity contribution in [3.8, 4) is 33.8 Å². The van der Waals surface area contributed by atoms with Crippen molar-refractivity contribution in [2.75, 3.05) is 4.90 Å². The summed E-state index contributed by atoms with van der Waals surface area (Å²) in [6.07, 6.45) is 5.73. The molecule has 4 aliphatic rings. The molecule has 2 heterocycles. The molecule has 0 radical (unpaired) electrons. The lowest BCUT2D eigenvalue weighted by molar-refractivity contribution is 0.446. The van der Waals surface area contributed by atoms with Crippen molar-refractivity contribution in [3.63, 3.8) is 0 Å². The van der Waals surface area contributed by atoms with Crippen molar-refractivity contribution in [2.24, 2.45) is 0 Å². The highest BCUT2D eigenvalue weighted by Crippen LogP contribution is 2.65. The zero-order valence-corrected chi connectivity index (χ0v) is 38.3. The molecular formula is C66H45NO2. The summed E-state index contributed by atoms with van der Waals surface area (Å²) in [7, 11) is 0. The Hall–Kier alpha value is -8.40. The molecular weight excluding hydrogens is 839 g/mol. The van der Waals surface area contributed by atoms with E-state index < -0.39 is 5.41 Å². The number of allylic oxidation sites excluding steroid dienone is 2. The van der Waals surface area contributed by atoms with Crippen molar-refractivity contribution in [1.29, 1.82) is 0 Å². The molecule has 3 heteroatoms. The average Bonchev–Trinajstić information content (AvgIpc) is 4.00. The fraction of sp³-hybridized carbons (Fsp3) is 0.0909. The molecule has 11 aromatic rings. The second-order valence-electron chi connectivity index (χ2n) is 19.8. The number of ether oxygens (including phenoxy) is 1. The Labute approximate surface area is 400 Å². The fourth-order valence-electron chi connectivity index (χ4n) is 13.0. The van der Waals surface area contributed by atoms with Crippen LogP contribution in [0.3, 0.4) is 0 Å². The molecule has 1 aliphatic heterocycles. The van der Waals surface area contributed by atoms with Gasteiger partial charge in [0.05, 0.1) is 11.5 Å². The van der Waals surface area contributed by atoms with Crippen LogP contribution in [0.2, 0.25) is 0 Å². The van der Waals surface area contributed by atoms with Crippen LogP contribution in [-0.2, 0) is 10.8 Å². The van der Waals surface area contributed by atoms with E-state index >= 15 is 0 Å². The maximum Gasteiger partial charge on any atom is 0.140 e. The SMILES string of the molecule is CC1(C)c2ccccc2-c2c(N(c3ccc(-c4ccc5c(c4)oc4ccccc45)cc3)C3CC=CC4=C3c3ccccc3C43c4ccc5ccccc5c4Oc4c3ccc3ccccc43)cccc21. The van der Waals surface area contributed by atoms with Crippen molar-refractivity contribution in [3.05, 3.63) is 257 Å². The Bertz CT molecular complexity index is 3980. The Kier molecular flexibility index (Phi) is 7.89. The van der Waals surface area contributed by atoms with Crippen LogP contribution in [-0.4, -0.2) is 6.04 Å². The third-order valence-corrected chi connectivity index (χ3v) is 16.1. The van der Waals surface area contributed by atoms with Gasteiger partial charge in [-0.25, -0.2) is 0 Å². The van der Waals surface area contributed by atoms with Gasteiger partial charge in [-0.05, 0) is 104 Å². The molecule has 0 saturated heterocycles. The van der Waals surface area contributed by atoms with Crippen LogP contribution in [0.15, 0.2) is 228 Å². The molecule has 0 amide bonds. The van der Waals surface area contributed by atoms with Gasteiger partial charge in [-0.15, -0.1) is 0 Å². The number of hydrogen-bond acceptors (Lipinski definition) is 3. The van der Waals surface area contributed by atoms with E-state index in [1.165, 1.54) is 72.1 Å². The molecule has 326 valence electrons. The van der Waals surface area contributed by atoms with Gasteiger partial charge in [-0.1, -0.05) is 196 Å². The Morgan fingerprint density at radius 1 is 0.478 bits per heavy atom. The van der Waals surface area contributed by atoms with E-state index in [9.17, 15) is 0 Å². The number of hydrogen-bond donors (Lipinski definition) is 0. The molecule has 0 N–H and O–H groups in total. The molecule has 1 aromatic heterocycles. The predicted molar refractivity (Wildman–Crippen MR) is 284 cm³/mol. The van der Waals surface area contributed by atoms with Crippen LogP contribution in [0.5, 0.6) is 11.5 Å². The normalized spacial score (nSPS) is 16.6. The van der Waals surface area contributed by atoms with E-state index in [-0.39, 0.29) is 11.5 Å². The first-order valence-electron chi connectivity index (χ1n) is 24.3. The monoisotopic (exact) mass is 883 g/mol. The number of para-hydroxylation sites is 1. The van der Waals surface area contributed by atoms with Crippen LogP contribution in [0.25, 0.3) is 71.3 Å². The van der Waals surface area contributed by atoms with Gasteiger partial charge < -0.3 is 14.1 Å². The number of anilines is 2. The summed E-state index contributed by atoms with van der Waals surface area (Å²) in [5.41, 5.74) is 18.6. The van der Waals surface area contributed by atoms with Gasteiger partial charge in [0, 0.05) is 55.0 Å². The largest absolute Gasteiger partial charge is 0.456 e. The summed E-state index contributed by atoms with van der Waals surface area (Å²) in [5, 5.41) is 6.86. The molecule has 3 nitrogen and oxygen atoms in total. The minimum Gasteiger partial charge on any atom is -0.456 e. The first-order chi connectivity index (χ1) is 34.0. The van der Waals surface area contributed by atoms with Gasteiger partial charge in [0.25, 0.3) is 0 Å². The van der Waals surface area contributed by atoms with Crippen molar-refractivity contribution >= 4 is 60.4 Å². The zero-order valence-electron chi connectivity index (χ0n) is 38.3. The van der Waals surface area contributed by atoms with Crippen molar-refractivity contribution in [2.45, 2.75) is 37.1 Å². The van der Waals surface area contributed by atoms with Crippen LogP contribution in [0.1, 0.15) is 53.6 Å². The Balaban J connectivity index is 0.987. The zero-order chi connectivity index (χ0) is 45.6. The molecule has 3 aliphatic carbocycles. The topological polar surface area (TPSA) is 25.6 Å². The van der Waals surface area contributed by atoms with Crippen LogP contribution >= 0.6 is 0 Å². The van der Waals surface area contributed by atoms with Crippen LogP contribution in [0, 0.1) is 0 Å². The minimum atomic E-state index is -0.643. The van der Waals surface area contributed by atoms with E-state index in [2.05, 4.69) is 225 Å². The number of rotatable bonds is 4. The summed E-state index contributed by atoms with van der Waals surface area (Å²) >= 11 is 0. The summed E-state index contributed by atoms with van der Waals surface area (Å²) in [4.78, 5) is 2.68. The van der Waals surface area contributed by atoms with Gasteiger partial charge in [0.2, 0.25) is 0 Å². The van der Waals surface area contributed by atoms with Gasteiger partial charge in [-0.2, -0.15) is 0 Å². The first kappa shape index (κ1) is 38.7. The predicted octanol–water partition coefficient (Wildman–Crippen LogP) is 17.2. The lowest BCUT2D eigenvalue weighted by atomic mass is 9.64. The second-order valence-corrected chi connectivity index (χ2v) is 19.8. The molecule has 0 saturated carbocycles. The Morgan fingerprint density at radius 2 is 1.09 bits per heavy atom. The van der Waals surface area contributed by atoms with Gasteiger partial charge >= 0.3 is 0 Å². The molecule has 0 bridgehead atoms. The summed E-state index contributed by atoms with van der Waals surface area (Å²) in [6, 6.07) is 76.1. The van der Waals surface area contributed by atoms with E-state index in [1.54, 1.807) is 0 Å². The molecule has 1 unspecified atom stereocenters. The molecule has 0 fully saturated rings. The van der Waals surface area contributed by atoms with Crippen LogP contribution in [0.4, 0.5) is 11.4 Å². The minimum absolute atomic E-state index is 0.0543. The summed E-state index contributed by atoms with van der Waals surface area (Å²) < 4.78 is 13.7. The van der Waals surface area contributed by atoms with E-state index in [0.717, 1.165) is 67.4 Å². The van der Waals surface area contributed by atoms with Crippen molar-refractivity contribution < 1.29 is 9.15 Å². The molecule has 10 aromatic carbocycles. The van der Waals surface area contributed by atoms with Crippen LogP contribution < -0.4 is 9.64 Å². The number of furan rings is 1. The highest BCUT2D eigenvalue weighted by Gasteiger charge is 2.54. The lowest BCUT2D eigenvalue weighted by Gasteiger charge is -2.42. The summed E-state index contributed by atoms with van der Waals surface area (Å²) in [5.74, 6) is 1.87. The average molecular weight is 884 g/mol. The lowest BCUT2D eigenvalue weighted by Crippen LogP contribution is -2.36.